The van der Waals surface area contributed by atoms with Crippen molar-refractivity contribution in [3.05, 3.63) is 60.0 Å². The summed E-state index contributed by atoms with van der Waals surface area (Å²) in [6.07, 6.45) is 6.81. The zero-order chi connectivity index (χ0) is 22.7. The molecular weight excluding hydrogens is 426 g/mol. The molecule has 170 valence electrons. The molecule has 0 radical (unpaired) electrons. The van der Waals surface area contributed by atoms with Gasteiger partial charge in [-0.3, -0.25) is 4.68 Å². The van der Waals surface area contributed by atoms with Crippen molar-refractivity contribution in [2.24, 2.45) is 7.05 Å². The highest BCUT2D eigenvalue weighted by Crippen LogP contribution is 2.31. The van der Waals surface area contributed by atoms with Gasteiger partial charge in [0.15, 0.2) is 9.84 Å². The van der Waals surface area contributed by atoms with Gasteiger partial charge in [-0.2, -0.15) is 5.10 Å². The van der Waals surface area contributed by atoms with Crippen LogP contribution in [0.1, 0.15) is 24.0 Å². The molecule has 32 heavy (non-hydrogen) atoms. The van der Waals surface area contributed by atoms with Crippen molar-refractivity contribution in [3.8, 4) is 17.0 Å². The number of nitrogens with zero attached hydrogens (tertiary/aromatic N) is 3. The van der Waals surface area contributed by atoms with E-state index in [1.807, 2.05) is 49.8 Å². The van der Waals surface area contributed by atoms with E-state index in [1.165, 1.54) is 6.26 Å². The van der Waals surface area contributed by atoms with Crippen LogP contribution < -0.4 is 15.4 Å². The fraction of sp³-hybridized carbons (Fsp3) is 0.391. The summed E-state index contributed by atoms with van der Waals surface area (Å²) in [5.74, 6) is 0.924. The van der Waals surface area contributed by atoms with E-state index in [0.717, 1.165) is 34.5 Å². The first kappa shape index (κ1) is 22.3. The third-order valence-corrected chi connectivity index (χ3v) is 6.32. The second kappa shape index (κ2) is 9.30. The molecule has 2 N–H and O–H groups in total. The molecule has 1 aromatic carbocycles. The predicted octanol–water partition coefficient (Wildman–Crippen LogP) is 2.59. The van der Waals surface area contributed by atoms with Gasteiger partial charge in [0.1, 0.15) is 6.10 Å². The number of nitrogens with one attached hydrogen (secondary N) is 2. The fourth-order valence-electron chi connectivity index (χ4n) is 3.81. The SMILES string of the molecule is C[C@@H](CNC[C@@H]1CNc2cc(-c3cnn(C)c3)cnc2O1)c1cccc(CS(C)(=O)=O)c1. The maximum Gasteiger partial charge on any atom is 0.237 e. The van der Waals surface area contributed by atoms with Crippen molar-refractivity contribution >= 4 is 15.5 Å². The first-order valence-corrected chi connectivity index (χ1v) is 12.7. The second-order valence-electron chi connectivity index (χ2n) is 8.47. The Morgan fingerprint density at radius 1 is 1.28 bits per heavy atom. The van der Waals surface area contributed by atoms with Crippen molar-refractivity contribution in [3.63, 3.8) is 0 Å². The summed E-state index contributed by atoms with van der Waals surface area (Å²) in [5, 5.41) is 11.1. The molecule has 0 fully saturated rings. The molecule has 0 saturated carbocycles. The molecule has 4 rings (SSSR count). The molecule has 0 aliphatic carbocycles. The average Bonchev–Trinajstić information content (AvgIpc) is 3.18. The van der Waals surface area contributed by atoms with Gasteiger partial charge in [0.05, 0.1) is 24.2 Å². The van der Waals surface area contributed by atoms with Crippen molar-refractivity contribution in [1.29, 1.82) is 0 Å². The van der Waals surface area contributed by atoms with E-state index in [9.17, 15) is 8.42 Å². The number of ether oxygens (including phenoxy) is 1. The zero-order valence-corrected chi connectivity index (χ0v) is 19.4. The third kappa shape index (κ3) is 5.66. The minimum absolute atomic E-state index is 0.0250. The molecule has 9 heteroatoms. The predicted molar refractivity (Wildman–Crippen MR) is 126 cm³/mol. The average molecular weight is 456 g/mol. The molecule has 1 aliphatic heterocycles. The molecule has 0 amide bonds. The molecule has 0 saturated heterocycles. The van der Waals surface area contributed by atoms with Crippen molar-refractivity contribution < 1.29 is 13.2 Å². The second-order valence-corrected chi connectivity index (χ2v) is 10.6. The number of fused-ring (bicyclic) bond motifs is 1. The highest BCUT2D eigenvalue weighted by Gasteiger charge is 2.21. The van der Waals surface area contributed by atoms with E-state index in [0.29, 0.717) is 19.0 Å². The summed E-state index contributed by atoms with van der Waals surface area (Å²) in [6.45, 7) is 4.27. The van der Waals surface area contributed by atoms with E-state index in [4.69, 9.17) is 4.74 Å². The lowest BCUT2D eigenvalue weighted by Gasteiger charge is -2.27. The Balaban J connectivity index is 1.30. The number of aromatic nitrogens is 3. The number of aryl methyl sites for hydroxylation is 1. The molecule has 0 bridgehead atoms. The number of anilines is 1. The molecular formula is C23H29N5O3S. The van der Waals surface area contributed by atoms with E-state index in [1.54, 1.807) is 10.9 Å². The van der Waals surface area contributed by atoms with Gasteiger partial charge in [0.25, 0.3) is 0 Å². The summed E-state index contributed by atoms with van der Waals surface area (Å²) < 4.78 is 31.0. The lowest BCUT2D eigenvalue weighted by Crippen LogP contribution is -2.40. The topological polar surface area (TPSA) is 98.1 Å². The lowest BCUT2D eigenvalue weighted by molar-refractivity contribution is 0.193. The molecule has 2 aromatic heterocycles. The first-order chi connectivity index (χ1) is 15.3. The molecule has 3 aromatic rings. The van der Waals surface area contributed by atoms with Gasteiger partial charge in [-0.05, 0) is 23.1 Å². The Bertz CT molecular complexity index is 1190. The summed E-state index contributed by atoms with van der Waals surface area (Å²) in [5.41, 5.74) is 4.85. The van der Waals surface area contributed by atoms with Crippen LogP contribution in [-0.2, 0) is 22.6 Å². The molecule has 1 aliphatic rings. The van der Waals surface area contributed by atoms with E-state index < -0.39 is 9.84 Å². The van der Waals surface area contributed by atoms with Gasteiger partial charge in [0.2, 0.25) is 5.88 Å². The maximum atomic E-state index is 11.6. The molecule has 2 atom stereocenters. The summed E-state index contributed by atoms with van der Waals surface area (Å²) >= 11 is 0. The summed E-state index contributed by atoms with van der Waals surface area (Å²) in [6, 6.07) is 9.83. The maximum absolute atomic E-state index is 11.6. The van der Waals surface area contributed by atoms with Crippen LogP contribution in [0.15, 0.2) is 48.9 Å². The van der Waals surface area contributed by atoms with Crippen LogP contribution in [0.2, 0.25) is 0 Å². The van der Waals surface area contributed by atoms with Gasteiger partial charge in [-0.1, -0.05) is 31.2 Å². The summed E-state index contributed by atoms with van der Waals surface area (Å²) in [7, 11) is -1.15. The Labute approximate surface area is 188 Å². The number of benzene rings is 1. The highest BCUT2D eigenvalue weighted by molar-refractivity contribution is 7.89. The van der Waals surface area contributed by atoms with Crippen LogP contribution in [0.3, 0.4) is 0 Å². The highest BCUT2D eigenvalue weighted by atomic mass is 32.2. The van der Waals surface area contributed by atoms with Crippen LogP contribution in [0, 0.1) is 0 Å². The largest absolute Gasteiger partial charge is 0.470 e. The molecule has 3 heterocycles. The Morgan fingerprint density at radius 2 is 2.12 bits per heavy atom. The smallest absolute Gasteiger partial charge is 0.237 e. The van der Waals surface area contributed by atoms with Crippen LogP contribution in [0.5, 0.6) is 5.88 Å². The van der Waals surface area contributed by atoms with Crippen molar-refractivity contribution in [2.75, 3.05) is 31.2 Å². The van der Waals surface area contributed by atoms with Crippen LogP contribution >= 0.6 is 0 Å². The standard InChI is InChI=1S/C23H29N5O3S/c1-16(18-6-4-5-17(7-18)15-32(3,29)30)9-24-12-21-13-25-22-8-19(10-26-23(22)31-21)20-11-27-28(2)14-20/h4-8,10-11,14,16,21,24-25H,9,12-13,15H2,1-3H3/t16-,21+/m0/s1. The normalized spacial score (nSPS) is 16.7. The molecule has 0 spiro atoms. The Kier molecular flexibility index (Phi) is 6.48. The quantitative estimate of drug-likeness (QED) is 0.539. The van der Waals surface area contributed by atoms with Crippen LogP contribution in [0.25, 0.3) is 11.1 Å². The Morgan fingerprint density at radius 3 is 2.88 bits per heavy atom. The summed E-state index contributed by atoms with van der Waals surface area (Å²) in [4.78, 5) is 4.49. The number of sulfone groups is 1. The number of rotatable bonds is 8. The van der Waals surface area contributed by atoms with Gasteiger partial charge in [0, 0.05) is 49.9 Å². The minimum Gasteiger partial charge on any atom is -0.470 e. The lowest BCUT2D eigenvalue weighted by atomic mass is 9.99. The Hall–Kier alpha value is -2.91. The number of pyridine rings is 1. The van der Waals surface area contributed by atoms with Gasteiger partial charge in [-0.25, -0.2) is 13.4 Å². The van der Waals surface area contributed by atoms with E-state index in [-0.39, 0.29) is 17.8 Å². The first-order valence-electron chi connectivity index (χ1n) is 10.6. The monoisotopic (exact) mass is 455 g/mol. The van der Waals surface area contributed by atoms with Crippen molar-refractivity contribution in [1.82, 2.24) is 20.1 Å². The van der Waals surface area contributed by atoms with Gasteiger partial charge < -0.3 is 15.4 Å². The van der Waals surface area contributed by atoms with Crippen LogP contribution in [-0.4, -0.2) is 55.2 Å². The van der Waals surface area contributed by atoms with Gasteiger partial charge in [-0.15, -0.1) is 0 Å². The third-order valence-electron chi connectivity index (χ3n) is 5.46. The van der Waals surface area contributed by atoms with Crippen LogP contribution in [0.4, 0.5) is 5.69 Å². The fourth-order valence-corrected chi connectivity index (χ4v) is 4.59. The molecule has 8 nitrogen and oxygen atoms in total. The van der Waals surface area contributed by atoms with E-state index in [2.05, 4.69) is 27.6 Å². The number of hydrogen-bond acceptors (Lipinski definition) is 7. The molecule has 0 unspecified atom stereocenters. The number of hydrogen-bond donors (Lipinski definition) is 2. The van der Waals surface area contributed by atoms with Gasteiger partial charge >= 0.3 is 0 Å². The zero-order valence-electron chi connectivity index (χ0n) is 18.6. The van der Waals surface area contributed by atoms with Crippen molar-refractivity contribution in [2.45, 2.75) is 24.7 Å². The minimum atomic E-state index is -3.04. The van der Waals surface area contributed by atoms with E-state index >= 15 is 0 Å².